The molecule has 0 fully saturated rings. The van der Waals surface area contributed by atoms with Crippen LogP contribution in [0.5, 0.6) is 0 Å². The summed E-state index contributed by atoms with van der Waals surface area (Å²) in [7, 11) is -1.63. The second kappa shape index (κ2) is 5.90. The molecular formula is C10H14FO2Si. The summed E-state index contributed by atoms with van der Waals surface area (Å²) in [5.41, 5.74) is 0. The van der Waals surface area contributed by atoms with Gasteiger partial charge in [-0.25, -0.2) is 4.39 Å². The lowest BCUT2D eigenvalue weighted by Crippen LogP contribution is -2.39. The number of benzene rings is 1. The largest absolute Gasteiger partial charge is 0.426 e. The summed E-state index contributed by atoms with van der Waals surface area (Å²) in [6.07, 6.45) is 0. The molecule has 0 atom stereocenters. The fourth-order valence-electron chi connectivity index (χ4n) is 1.09. The van der Waals surface area contributed by atoms with Crippen molar-refractivity contribution in [2.75, 3.05) is 13.2 Å². The first-order chi connectivity index (χ1) is 6.79. The monoisotopic (exact) mass is 213 g/mol. The van der Waals surface area contributed by atoms with Crippen LogP contribution in [0.1, 0.15) is 13.8 Å². The van der Waals surface area contributed by atoms with Crippen LogP contribution in [0.15, 0.2) is 24.3 Å². The van der Waals surface area contributed by atoms with Crippen LogP contribution in [-0.4, -0.2) is 22.5 Å². The van der Waals surface area contributed by atoms with E-state index < -0.39 is 9.28 Å². The highest BCUT2D eigenvalue weighted by Gasteiger charge is 2.21. The highest BCUT2D eigenvalue weighted by Crippen LogP contribution is 1.98. The lowest BCUT2D eigenvalue weighted by atomic mass is 10.3. The zero-order valence-electron chi connectivity index (χ0n) is 8.42. The Bertz CT molecular complexity index is 275. The van der Waals surface area contributed by atoms with Crippen molar-refractivity contribution in [1.82, 2.24) is 0 Å². The zero-order chi connectivity index (χ0) is 10.4. The van der Waals surface area contributed by atoms with Crippen LogP contribution < -0.4 is 5.19 Å². The quantitative estimate of drug-likeness (QED) is 0.692. The van der Waals surface area contributed by atoms with Gasteiger partial charge in [0.1, 0.15) is 5.82 Å². The van der Waals surface area contributed by atoms with Crippen LogP contribution in [0.4, 0.5) is 4.39 Å². The summed E-state index contributed by atoms with van der Waals surface area (Å²) in [4.78, 5) is 0. The minimum atomic E-state index is -1.63. The molecule has 0 saturated heterocycles. The minimum absolute atomic E-state index is 0.247. The van der Waals surface area contributed by atoms with Gasteiger partial charge in [0, 0.05) is 18.4 Å². The van der Waals surface area contributed by atoms with Crippen LogP contribution in [0.2, 0.25) is 0 Å². The van der Waals surface area contributed by atoms with Crippen LogP contribution in [0, 0.1) is 5.82 Å². The molecule has 0 bridgehead atoms. The van der Waals surface area contributed by atoms with E-state index in [9.17, 15) is 4.39 Å². The van der Waals surface area contributed by atoms with Gasteiger partial charge in [0.05, 0.1) is 0 Å². The van der Waals surface area contributed by atoms with Crippen molar-refractivity contribution >= 4 is 14.5 Å². The van der Waals surface area contributed by atoms with E-state index in [-0.39, 0.29) is 5.82 Å². The zero-order valence-corrected chi connectivity index (χ0v) is 9.42. The van der Waals surface area contributed by atoms with E-state index in [0.717, 1.165) is 0 Å². The summed E-state index contributed by atoms with van der Waals surface area (Å²) >= 11 is 0. The molecule has 77 valence electrons. The minimum Gasteiger partial charge on any atom is -0.390 e. The molecular weight excluding hydrogens is 199 g/mol. The molecule has 0 aliphatic carbocycles. The Morgan fingerprint density at radius 1 is 1.14 bits per heavy atom. The van der Waals surface area contributed by atoms with E-state index in [4.69, 9.17) is 8.85 Å². The molecule has 0 N–H and O–H groups in total. The smallest absolute Gasteiger partial charge is 0.390 e. The van der Waals surface area contributed by atoms with Crippen LogP contribution in [0.25, 0.3) is 0 Å². The third kappa shape index (κ3) is 2.90. The topological polar surface area (TPSA) is 18.5 Å². The van der Waals surface area contributed by atoms with Gasteiger partial charge in [-0.1, -0.05) is 18.2 Å². The average molecular weight is 213 g/mol. The summed E-state index contributed by atoms with van der Waals surface area (Å²) in [6, 6.07) is 6.60. The van der Waals surface area contributed by atoms with E-state index in [1.54, 1.807) is 18.2 Å². The van der Waals surface area contributed by atoms with E-state index in [1.807, 2.05) is 13.8 Å². The molecule has 0 aromatic heterocycles. The van der Waals surface area contributed by atoms with Gasteiger partial charge < -0.3 is 8.85 Å². The first kappa shape index (κ1) is 11.4. The highest BCUT2D eigenvalue weighted by molar-refractivity contribution is 6.61. The molecule has 0 saturated carbocycles. The fourth-order valence-corrected chi connectivity index (χ4v) is 2.52. The molecule has 0 heterocycles. The third-order valence-corrected chi connectivity index (χ3v) is 3.59. The molecule has 1 aromatic rings. The maximum absolute atomic E-state index is 13.4. The molecule has 4 heteroatoms. The Labute approximate surface area is 85.5 Å². The summed E-state index contributed by atoms with van der Waals surface area (Å²) in [6.45, 7) is 4.85. The molecule has 0 unspecified atom stereocenters. The number of rotatable bonds is 5. The van der Waals surface area contributed by atoms with Crippen molar-refractivity contribution in [2.45, 2.75) is 13.8 Å². The predicted octanol–water partition coefficient (Wildman–Crippen LogP) is 1.59. The number of halogens is 1. The van der Waals surface area contributed by atoms with Gasteiger partial charge in [0.25, 0.3) is 0 Å². The molecule has 2 nitrogen and oxygen atoms in total. The maximum atomic E-state index is 13.4. The standard InChI is InChI=1S/C10H14FO2Si/c1-3-12-14(13-4-2)10-8-6-5-7-9(10)11/h5-8H,3-4H2,1-2H3. The predicted molar refractivity (Wildman–Crippen MR) is 55.0 cm³/mol. The highest BCUT2D eigenvalue weighted by atomic mass is 28.3. The van der Waals surface area contributed by atoms with Crippen molar-refractivity contribution in [3.05, 3.63) is 30.1 Å². The fraction of sp³-hybridized carbons (Fsp3) is 0.400. The Morgan fingerprint density at radius 3 is 2.21 bits per heavy atom. The Kier molecular flexibility index (Phi) is 4.79. The van der Waals surface area contributed by atoms with Crippen molar-refractivity contribution in [1.29, 1.82) is 0 Å². The maximum Gasteiger partial charge on any atom is 0.426 e. The molecule has 1 radical (unpaired) electrons. The van der Waals surface area contributed by atoms with Crippen molar-refractivity contribution in [3.63, 3.8) is 0 Å². The van der Waals surface area contributed by atoms with E-state index in [1.165, 1.54) is 6.07 Å². The molecule has 0 aliphatic rings. The molecule has 14 heavy (non-hydrogen) atoms. The van der Waals surface area contributed by atoms with Crippen molar-refractivity contribution in [3.8, 4) is 0 Å². The van der Waals surface area contributed by atoms with Crippen molar-refractivity contribution in [2.24, 2.45) is 0 Å². The van der Waals surface area contributed by atoms with Gasteiger partial charge in [-0.2, -0.15) is 0 Å². The summed E-state index contributed by atoms with van der Waals surface area (Å²) in [5.74, 6) is -0.247. The SMILES string of the molecule is CCO[Si](OCC)c1ccccc1F. The number of hydrogen-bond donors (Lipinski definition) is 0. The number of hydrogen-bond acceptors (Lipinski definition) is 2. The van der Waals surface area contributed by atoms with E-state index >= 15 is 0 Å². The summed E-state index contributed by atoms with van der Waals surface area (Å²) in [5, 5.41) is 0.557. The van der Waals surface area contributed by atoms with Crippen molar-refractivity contribution < 1.29 is 13.2 Å². The Morgan fingerprint density at radius 2 is 1.71 bits per heavy atom. The molecule has 1 aromatic carbocycles. The summed E-state index contributed by atoms with van der Waals surface area (Å²) < 4.78 is 24.1. The normalized spacial score (nSPS) is 10.9. The van der Waals surface area contributed by atoms with Gasteiger partial charge >= 0.3 is 9.28 Å². The molecule has 1 rings (SSSR count). The second-order valence-corrected chi connectivity index (χ2v) is 4.32. The van der Waals surface area contributed by atoms with Crippen LogP contribution >= 0.6 is 0 Å². The van der Waals surface area contributed by atoms with E-state index in [2.05, 4.69) is 0 Å². The van der Waals surface area contributed by atoms with Crippen LogP contribution in [0.3, 0.4) is 0 Å². The Hall–Kier alpha value is -0.713. The Balaban J connectivity index is 2.81. The van der Waals surface area contributed by atoms with Crippen LogP contribution in [-0.2, 0) is 8.85 Å². The van der Waals surface area contributed by atoms with Gasteiger partial charge in [0.15, 0.2) is 0 Å². The first-order valence-corrected chi connectivity index (χ1v) is 5.98. The van der Waals surface area contributed by atoms with Gasteiger partial charge in [0.2, 0.25) is 0 Å². The molecule has 0 amide bonds. The average Bonchev–Trinajstić information content (AvgIpc) is 2.18. The lowest BCUT2D eigenvalue weighted by Gasteiger charge is -2.13. The third-order valence-electron chi connectivity index (χ3n) is 1.64. The second-order valence-electron chi connectivity index (χ2n) is 2.63. The lowest BCUT2D eigenvalue weighted by molar-refractivity contribution is 0.224. The first-order valence-electron chi connectivity index (χ1n) is 4.67. The molecule has 0 aliphatic heterocycles. The van der Waals surface area contributed by atoms with E-state index in [0.29, 0.717) is 18.4 Å². The molecule has 0 spiro atoms. The van der Waals surface area contributed by atoms with Gasteiger partial charge in [-0.05, 0) is 19.9 Å². The van der Waals surface area contributed by atoms with Gasteiger partial charge in [-0.3, -0.25) is 0 Å². The van der Waals surface area contributed by atoms with Gasteiger partial charge in [-0.15, -0.1) is 0 Å².